The SMILES string of the molecule is CC[C@H](C)c1nc2ccc(Br)cc2c(=O)n1N=Cc1cc(Cl)cc(OC)c1OCC(N)=O. The first-order valence-corrected chi connectivity index (χ1v) is 11.0. The molecule has 1 aromatic heterocycles. The number of rotatable bonds is 8. The number of hydrogen-bond donors (Lipinski definition) is 1. The van der Waals surface area contributed by atoms with E-state index in [-0.39, 0.29) is 23.8 Å². The van der Waals surface area contributed by atoms with Crippen LogP contribution in [0.15, 0.2) is 44.7 Å². The molecule has 0 aliphatic heterocycles. The maximum atomic E-state index is 13.3. The number of aromatic nitrogens is 2. The average molecular weight is 522 g/mol. The highest BCUT2D eigenvalue weighted by atomic mass is 79.9. The average Bonchev–Trinajstić information content (AvgIpc) is 2.76. The monoisotopic (exact) mass is 520 g/mol. The highest BCUT2D eigenvalue weighted by Gasteiger charge is 2.17. The number of fused-ring (bicyclic) bond motifs is 1. The molecule has 0 unspecified atom stereocenters. The number of ether oxygens (including phenoxy) is 2. The zero-order valence-corrected chi connectivity index (χ0v) is 20.1. The molecule has 0 saturated carbocycles. The largest absolute Gasteiger partial charge is 0.493 e. The fourth-order valence-electron chi connectivity index (χ4n) is 3.03. The van der Waals surface area contributed by atoms with Crippen LogP contribution >= 0.6 is 27.5 Å². The number of amides is 1. The molecule has 10 heteroatoms. The minimum absolute atomic E-state index is 0.0209. The topological polar surface area (TPSA) is 109 Å². The van der Waals surface area contributed by atoms with Crippen molar-refractivity contribution in [2.24, 2.45) is 10.8 Å². The van der Waals surface area contributed by atoms with E-state index in [2.05, 4.69) is 26.0 Å². The van der Waals surface area contributed by atoms with Gasteiger partial charge >= 0.3 is 0 Å². The second kappa shape index (κ2) is 10.1. The Hall–Kier alpha value is -2.91. The Kier molecular flexibility index (Phi) is 7.52. The molecule has 0 spiro atoms. The van der Waals surface area contributed by atoms with Crippen molar-refractivity contribution in [2.75, 3.05) is 13.7 Å². The Balaban J connectivity index is 2.19. The van der Waals surface area contributed by atoms with Crippen LogP contribution in [-0.4, -0.2) is 35.5 Å². The lowest BCUT2D eigenvalue weighted by molar-refractivity contribution is -0.119. The number of carbonyl (C=O) groups excluding carboxylic acids is 1. The van der Waals surface area contributed by atoms with Gasteiger partial charge in [0.25, 0.3) is 11.5 Å². The van der Waals surface area contributed by atoms with Gasteiger partial charge in [-0.05, 0) is 30.7 Å². The number of hydrogen-bond acceptors (Lipinski definition) is 6. The number of primary amides is 1. The molecule has 1 amide bonds. The van der Waals surface area contributed by atoms with Crippen molar-refractivity contribution in [3.63, 3.8) is 0 Å². The Labute approximate surface area is 198 Å². The van der Waals surface area contributed by atoms with Crippen LogP contribution in [0.1, 0.15) is 37.6 Å². The fraction of sp³-hybridized carbons (Fsp3) is 0.273. The number of nitrogens with two attached hydrogens (primary N) is 1. The predicted octanol–water partition coefficient (Wildman–Crippen LogP) is 4.08. The van der Waals surface area contributed by atoms with E-state index in [0.717, 1.165) is 10.9 Å². The van der Waals surface area contributed by atoms with Crippen molar-refractivity contribution in [2.45, 2.75) is 26.2 Å². The van der Waals surface area contributed by atoms with Gasteiger partial charge in [-0.1, -0.05) is 41.4 Å². The lowest BCUT2D eigenvalue weighted by atomic mass is 10.1. The molecule has 0 bridgehead atoms. The van der Waals surface area contributed by atoms with Gasteiger partial charge in [0.1, 0.15) is 5.82 Å². The van der Waals surface area contributed by atoms with E-state index in [9.17, 15) is 9.59 Å². The molecule has 1 atom stereocenters. The van der Waals surface area contributed by atoms with Gasteiger partial charge in [0.15, 0.2) is 18.1 Å². The summed E-state index contributed by atoms with van der Waals surface area (Å²) >= 11 is 9.59. The molecule has 2 aromatic carbocycles. The van der Waals surface area contributed by atoms with Gasteiger partial charge in [0.05, 0.1) is 24.2 Å². The van der Waals surface area contributed by atoms with Crippen LogP contribution in [0.25, 0.3) is 10.9 Å². The van der Waals surface area contributed by atoms with Crippen molar-refractivity contribution in [3.05, 3.63) is 61.6 Å². The van der Waals surface area contributed by atoms with E-state index in [1.54, 1.807) is 24.3 Å². The van der Waals surface area contributed by atoms with E-state index in [4.69, 9.17) is 26.8 Å². The van der Waals surface area contributed by atoms with Crippen molar-refractivity contribution >= 4 is 50.6 Å². The molecule has 168 valence electrons. The number of carbonyl (C=O) groups is 1. The first kappa shape index (κ1) is 23.7. The summed E-state index contributed by atoms with van der Waals surface area (Å²) in [4.78, 5) is 29.2. The summed E-state index contributed by atoms with van der Waals surface area (Å²) in [6.07, 6.45) is 2.19. The number of nitrogens with zero attached hydrogens (tertiary/aromatic N) is 3. The molecule has 1 heterocycles. The molecular formula is C22H22BrClN4O4. The number of benzene rings is 2. The zero-order chi connectivity index (χ0) is 23.4. The smallest absolute Gasteiger partial charge is 0.282 e. The third-order valence-electron chi connectivity index (χ3n) is 4.83. The molecule has 2 N–H and O–H groups in total. The molecule has 0 fully saturated rings. The summed E-state index contributed by atoms with van der Waals surface area (Å²) in [5.41, 5.74) is 5.90. The van der Waals surface area contributed by atoms with Gasteiger partial charge in [-0.25, -0.2) is 4.98 Å². The van der Waals surface area contributed by atoms with Gasteiger partial charge in [0.2, 0.25) is 0 Å². The summed E-state index contributed by atoms with van der Waals surface area (Å²) in [7, 11) is 1.44. The molecular weight excluding hydrogens is 500 g/mol. The lowest BCUT2D eigenvalue weighted by Gasteiger charge is -2.15. The van der Waals surface area contributed by atoms with Gasteiger partial charge in [0, 0.05) is 27.0 Å². The summed E-state index contributed by atoms with van der Waals surface area (Å²) < 4.78 is 12.9. The van der Waals surface area contributed by atoms with Crippen molar-refractivity contribution in [1.82, 2.24) is 9.66 Å². The first-order chi connectivity index (χ1) is 15.2. The van der Waals surface area contributed by atoms with Gasteiger partial charge in [-0.15, -0.1) is 0 Å². The second-order valence-corrected chi connectivity index (χ2v) is 8.44. The maximum absolute atomic E-state index is 13.3. The molecule has 8 nitrogen and oxygen atoms in total. The summed E-state index contributed by atoms with van der Waals surface area (Å²) in [6, 6.07) is 8.46. The van der Waals surface area contributed by atoms with E-state index in [0.29, 0.717) is 33.1 Å². The van der Waals surface area contributed by atoms with Crippen LogP contribution in [0.3, 0.4) is 0 Å². The van der Waals surface area contributed by atoms with Crippen molar-refractivity contribution in [1.29, 1.82) is 0 Å². The van der Waals surface area contributed by atoms with Gasteiger partial charge in [-0.3, -0.25) is 9.59 Å². The van der Waals surface area contributed by atoms with Crippen LogP contribution in [0.4, 0.5) is 0 Å². The minimum Gasteiger partial charge on any atom is -0.493 e. The molecule has 3 rings (SSSR count). The Morgan fingerprint density at radius 1 is 1.38 bits per heavy atom. The third kappa shape index (κ3) is 5.11. The summed E-state index contributed by atoms with van der Waals surface area (Å²) in [6.45, 7) is 3.62. The van der Waals surface area contributed by atoms with Crippen molar-refractivity contribution in [3.8, 4) is 11.5 Å². The predicted molar refractivity (Wildman–Crippen MR) is 128 cm³/mol. The van der Waals surface area contributed by atoms with Crippen LogP contribution in [0.5, 0.6) is 11.5 Å². The third-order valence-corrected chi connectivity index (χ3v) is 5.54. The minimum atomic E-state index is -0.649. The number of halogens is 2. The van der Waals surface area contributed by atoms with Crippen LogP contribution in [-0.2, 0) is 4.79 Å². The zero-order valence-electron chi connectivity index (χ0n) is 17.8. The highest BCUT2D eigenvalue weighted by Crippen LogP contribution is 2.34. The maximum Gasteiger partial charge on any atom is 0.282 e. The van der Waals surface area contributed by atoms with E-state index in [1.165, 1.54) is 18.0 Å². The van der Waals surface area contributed by atoms with Gasteiger partial charge < -0.3 is 15.2 Å². The highest BCUT2D eigenvalue weighted by molar-refractivity contribution is 9.10. The Morgan fingerprint density at radius 3 is 2.78 bits per heavy atom. The molecule has 32 heavy (non-hydrogen) atoms. The standard InChI is InChI=1S/C22H22BrClN4O4/c1-4-12(2)21-27-17-6-5-14(23)8-16(17)22(30)28(21)26-10-13-7-15(24)9-18(31-3)20(13)32-11-19(25)29/h5-10,12H,4,11H2,1-3H3,(H2,25,29)/t12-/m0/s1. The fourth-order valence-corrected chi connectivity index (χ4v) is 3.61. The normalized spacial score (nSPS) is 12.3. The van der Waals surface area contributed by atoms with Crippen LogP contribution < -0.4 is 20.8 Å². The van der Waals surface area contributed by atoms with Gasteiger partial charge in [-0.2, -0.15) is 9.78 Å². The van der Waals surface area contributed by atoms with Crippen LogP contribution in [0, 0.1) is 0 Å². The van der Waals surface area contributed by atoms with E-state index < -0.39 is 5.91 Å². The van der Waals surface area contributed by atoms with Crippen LogP contribution in [0.2, 0.25) is 5.02 Å². The Bertz CT molecular complexity index is 1260. The quantitative estimate of drug-likeness (QED) is 0.449. The summed E-state index contributed by atoms with van der Waals surface area (Å²) in [5.74, 6) is 0.387. The first-order valence-electron chi connectivity index (χ1n) is 9.80. The second-order valence-electron chi connectivity index (χ2n) is 7.08. The van der Waals surface area contributed by atoms with E-state index >= 15 is 0 Å². The Morgan fingerprint density at radius 2 is 2.12 bits per heavy atom. The molecule has 0 radical (unpaired) electrons. The molecule has 3 aromatic rings. The molecule has 0 aliphatic carbocycles. The summed E-state index contributed by atoms with van der Waals surface area (Å²) in [5, 5.41) is 5.21. The molecule has 0 aliphatic rings. The lowest BCUT2D eigenvalue weighted by Crippen LogP contribution is -2.24. The molecule has 0 saturated heterocycles. The van der Waals surface area contributed by atoms with Crippen molar-refractivity contribution < 1.29 is 14.3 Å². The number of methoxy groups -OCH3 is 1. The van der Waals surface area contributed by atoms with E-state index in [1.807, 2.05) is 19.9 Å².